The highest BCUT2D eigenvalue weighted by atomic mass is 16.7. The molecule has 31 heavy (non-hydrogen) atoms. The van der Waals surface area contributed by atoms with Crippen molar-refractivity contribution in [1.82, 2.24) is 0 Å². The lowest BCUT2D eigenvalue weighted by Crippen LogP contribution is -2.39. The minimum Gasteiger partial charge on any atom is -0.497 e. The molecule has 1 aromatic rings. The number of ether oxygens (including phenoxy) is 5. The Balaban J connectivity index is 2.00. The molecule has 1 N–H and O–H groups in total. The third-order valence-corrected chi connectivity index (χ3v) is 4.55. The molecule has 7 heteroatoms. The molecule has 2 rings (SSSR count). The number of aliphatic hydroxyl groups is 1. The van der Waals surface area contributed by atoms with Gasteiger partial charge in [0.1, 0.15) is 12.4 Å². The number of carbonyl (C=O) groups excluding carboxylic acids is 1. The Morgan fingerprint density at radius 2 is 1.97 bits per heavy atom. The van der Waals surface area contributed by atoms with Gasteiger partial charge in [-0.3, -0.25) is 0 Å². The van der Waals surface area contributed by atoms with Crippen molar-refractivity contribution in [2.24, 2.45) is 0 Å². The maximum atomic E-state index is 11.4. The van der Waals surface area contributed by atoms with E-state index in [1.54, 1.807) is 20.3 Å². The molecule has 1 aromatic carbocycles. The first-order valence-electron chi connectivity index (χ1n) is 10.4. The van der Waals surface area contributed by atoms with Gasteiger partial charge in [0.25, 0.3) is 0 Å². The molecule has 0 radical (unpaired) electrons. The van der Waals surface area contributed by atoms with Crippen LogP contribution < -0.4 is 4.74 Å². The molecule has 3 atom stereocenters. The second-order valence-electron chi connectivity index (χ2n) is 7.05. The van der Waals surface area contributed by atoms with Crippen molar-refractivity contribution in [2.75, 3.05) is 20.3 Å². The zero-order valence-corrected chi connectivity index (χ0v) is 18.4. The third kappa shape index (κ3) is 9.27. The number of hydrogen-bond donors (Lipinski definition) is 1. The molecule has 3 unspecified atom stereocenters. The maximum absolute atomic E-state index is 11.4. The Kier molecular flexibility index (Phi) is 10.7. The van der Waals surface area contributed by atoms with E-state index < -0.39 is 24.7 Å². The van der Waals surface area contributed by atoms with Gasteiger partial charge < -0.3 is 28.8 Å². The average molecular weight is 433 g/mol. The van der Waals surface area contributed by atoms with Crippen molar-refractivity contribution < 1.29 is 33.6 Å². The molecule has 0 aliphatic carbocycles. The van der Waals surface area contributed by atoms with E-state index in [-0.39, 0.29) is 13.2 Å². The van der Waals surface area contributed by atoms with Crippen LogP contribution in [-0.4, -0.2) is 50.1 Å². The van der Waals surface area contributed by atoms with Crippen LogP contribution in [0.4, 0.5) is 4.79 Å². The summed E-state index contributed by atoms with van der Waals surface area (Å²) >= 11 is 0. The second kappa shape index (κ2) is 13.5. The maximum Gasteiger partial charge on any atom is 0.508 e. The highest BCUT2D eigenvalue weighted by molar-refractivity contribution is 5.59. The van der Waals surface area contributed by atoms with Crippen molar-refractivity contribution in [3.05, 3.63) is 66.0 Å². The number of methoxy groups -OCH3 is 1. The van der Waals surface area contributed by atoms with Gasteiger partial charge >= 0.3 is 6.16 Å². The van der Waals surface area contributed by atoms with Gasteiger partial charge in [-0.05, 0) is 37.1 Å². The summed E-state index contributed by atoms with van der Waals surface area (Å²) in [5.74, 6) is 0.802. The zero-order valence-electron chi connectivity index (χ0n) is 18.4. The number of carbonyl (C=O) groups is 1. The van der Waals surface area contributed by atoms with Crippen molar-refractivity contribution in [3.63, 3.8) is 0 Å². The van der Waals surface area contributed by atoms with E-state index in [2.05, 4.69) is 0 Å². The van der Waals surface area contributed by atoms with Crippen LogP contribution in [0, 0.1) is 0 Å². The van der Waals surface area contributed by atoms with Crippen LogP contribution in [0.15, 0.2) is 60.4 Å². The Morgan fingerprint density at radius 3 is 2.65 bits per heavy atom. The molecule has 1 fully saturated rings. The van der Waals surface area contributed by atoms with Crippen molar-refractivity contribution in [1.29, 1.82) is 0 Å². The molecule has 0 amide bonds. The molecule has 1 aliphatic rings. The van der Waals surface area contributed by atoms with E-state index in [0.717, 1.165) is 16.9 Å². The first kappa shape index (κ1) is 24.5. The van der Waals surface area contributed by atoms with Gasteiger partial charge in [0, 0.05) is 19.3 Å². The SMILES string of the molecule is CC=CC=CC(=COC1CC(O)CC(COC(=O)OCC)O1)Cc1ccc(OC)cc1. The molecular weight excluding hydrogens is 400 g/mol. The largest absolute Gasteiger partial charge is 0.508 e. The minimum absolute atomic E-state index is 0.000624. The summed E-state index contributed by atoms with van der Waals surface area (Å²) in [7, 11) is 1.64. The van der Waals surface area contributed by atoms with Crippen LogP contribution in [0.25, 0.3) is 0 Å². The predicted molar refractivity (Wildman–Crippen MR) is 117 cm³/mol. The molecule has 1 saturated heterocycles. The molecule has 170 valence electrons. The van der Waals surface area contributed by atoms with Gasteiger partial charge in [0.15, 0.2) is 0 Å². The van der Waals surface area contributed by atoms with E-state index in [9.17, 15) is 9.90 Å². The second-order valence-corrected chi connectivity index (χ2v) is 7.05. The van der Waals surface area contributed by atoms with Crippen LogP contribution in [0.2, 0.25) is 0 Å². The van der Waals surface area contributed by atoms with E-state index in [0.29, 0.717) is 19.3 Å². The van der Waals surface area contributed by atoms with Crippen LogP contribution in [0.3, 0.4) is 0 Å². The number of aliphatic hydroxyl groups excluding tert-OH is 1. The van der Waals surface area contributed by atoms with Crippen molar-refractivity contribution >= 4 is 6.16 Å². The monoisotopic (exact) mass is 432 g/mol. The minimum atomic E-state index is -0.751. The molecule has 0 aromatic heterocycles. The standard InChI is InChI=1S/C24H32O7/c1-4-6-7-8-19(13-18-9-11-21(27-3)12-10-18)16-29-23-15-20(25)14-22(31-23)17-30-24(26)28-5-2/h4,6-12,16,20,22-23,25H,5,13-15,17H2,1-3H3. The Hall–Kier alpha value is -2.77. The first-order valence-corrected chi connectivity index (χ1v) is 10.4. The van der Waals surface area contributed by atoms with Gasteiger partial charge in [-0.15, -0.1) is 0 Å². The van der Waals surface area contributed by atoms with E-state index in [1.165, 1.54) is 0 Å². The third-order valence-electron chi connectivity index (χ3n) is 4.55. The van der Waals surface area contributed by atoms with E-state index >= 15 is 0 Å². The summed E-state index contributed by atoms with van der Waals surface area (Å²) in [5.41, 5.74) is 2.04. The Bertz CT molecular complexity index is 752. The van der Waals surface area contributed by atoms with Crippen molar-refractivity contribution in [2.45, 2.75) is 51.6 Å². The number of rotatable bonds is 10. The normalized spacial score (nSPS) is 21.9. The molecule has 0 bridgehead atoms. The molecule has 1 aliphatic heterocycles. The van der Waals surface area contributed by atoms with Crippen LogP contribution in [-0.2, 0) is 25.4 Å². The molecule has 7 nitrogen and oxygen atoms in total. The Labute approximate surface area is 183 Å². The summed E-state index contributed by atoms with van der Waals surface area (Å²) in [6, 6.07) is 7.83. The quantitative estimate of drug-likeness (QED) is 0.335. The summed E-state index contributed by atoms with van der Waals surface area (Å²) in [4.78, 5) is 11.4. The van der Waals surface area contributed by atoms with E-state index in [1.807, 2.05) is 55.5 Å². The lowest BCUT2D eigenvalue weighted by molar-refractivity contribution is -0.201. The average Bonchev–Trinajstić information content (AvgIpc) is 2.76. The van der Waals surface area contributed by atoms with Gasteiger partial charge in [0.2, 0.25) is 6.29 Å². The molecule has 0 saturated carbocycles. The van der Waals surface area contributed by atoms with Gasteiger partial charge in [0.05, 0.1) is 32.2 Å². The van der Waals surface area contributed by atoms with Gasteiger partial charge in [-0.25, -0.2) is 4.79 Å². The fourth-order valence-electron chi connectivity index (χ4n) is 3.04. The fraction of sp³-hybridized carbons (Fsp3) is 0.458. The predicted octanol–water partition coefficient (Wildman–Crippen LogP) is 4.31. The Morgan fingerprint density at radius 1 is 1.19 bits per heavy atom. The highest BCUT2D eigenvalue weighted by Crippen LogP contribution is 2.22. The lowest BCUT2D eigenvalue weighted by Gasteiger charge is -2.32. The van der Waals surface area contributed by atoms with Crippen LogP contribution >= 0.6 is 0 Å². The molecule has 0 spiro atoms. The highest BCUT2D eigenvalue weighted by Gasteiger charge is 2.30. The molecular formula is C24H32O7. The van der Waals surface area contributed by atoms with Crippen molar-refractivity contribution in [3.8, 4) is 5.75 Å². The van der Waals surface area contributed by atoms with E-state index in [4.69, 9.17) is 23.7 Å². The number of hydrogen-bond acceptors (Lipinski definition) is 7. The van der Waals surface area contributed by atoms with Gasteiger partial charge in [-0.2, -0.15) is 0 Å². The fourth-order valence-corrected chi connectivity index (χ4v) is 3.04. The molecule has 1 heterocycles. The lowest BCUT2D eigenvalue weighted by atomic mass is 10.0. The summed E-state index contributed by atoms with van der Waals surface area (Å²) in [6.45, 7) is 3.89. The number of allylic oxidation sites excluding steroid dienone is 5. The number of benzene rings is 1. The summed E-state index contributed by atoms with van der Waals surface area (Å²) in [5, 5.41) is 10.2. The summed E-state index contributed by atoms with van der Waals surface area (Å²) < 4.78 is 26.6. The zero-order chi connectivity index (χ0) is 22.5. The van der Waals surface area contributed by atoms with Crippen LogP contribution in [0.5, 0.6) is 5.75 Å². The summed E-state index contributed by atoms with van der Waals surface area (Å²) in [6.07, 6.45) is 8.32. The van der Waals surface area contributed by atoms with Gasteiger partial charge in [-0.1, -0.05) is 36.4 Å². The smallest absolute Gasteiger partial charge is 0.497 e. The topological polar surface area (TPSA) is 83.5 Å². The first-order chi connectivity index (χ1) is 15.0. The van der Waals surface area contributed by atoms with Crippen LogP contribution in [0.1, 0.15) is 32.3 Å².